The lowest BCUT2D eigenvalue weighted by Crippen LogP contribution is -2.01. The van der Waals surface area contributed by atoms with Crippen LogP contribution < -0.4 is 0 Å². The highest BCUT2D eigenvalue weighted by atomic mass is 35.5. The molecule has 0 nitrogen and oxygen atoms in total. The summed E-state index contributed by atoms with van der Waals surface area (Å²) in [6.07, 6.45) is 5.29. The lowest BCUT2D eigenvalue weighted by Gasteiger charge is -2.14. The van der Waals surface area contributed by atoms with Gasteiger partial charge < -0.3 is 0 Å². The highest BCUT2D eigenvalue weighted by Crippen LogP contribution is 2.24. The maximum absolute atomic E-state index is 5.92. The van der Waals surface area contributed by atoms with Crippen LogP contribution in [0.15, 0.2) is 24.3 Å². The van der Waals surface area contributed by atoms with E-state index in [9.17, 15) is 0 Å². The monoisotopic (exact) mass is 242 g/mol. The molecule has 0 bridgehead atoms. The van der Waals surface area contributed by atoms with Crippen LogP contribution >= 0.6 is 23.2 Å². The van der Waals surface area contributed by atoms with E-state index in [1.165, 1.54) is 0 Å². The molecule has 0 saturated carbocycles. The van der Waals surface area contributed by atoms with Gasteiger partial charge in [-0.15, -0.1) is 0 Å². The molecular formula is C13H16Cl2. The van der Waals surface area contributed by atoms with Gasteiger partial charge in [0, 0.05) is 0 Å². The summed E-state index contributed by atoms with van der Waals surface area (Å²) in [5, 5.41) is 1.21. The van der Waals surface area contributed by atoms with Gasteiger partial charge in [0.2, 0.25) is 0 Å². The number of hydrogen-bond acceptors (Lipinski definition) is 0. The molecule has 0 radical (unpaired) electrons. The van der Waals surface area contributed by atoms with Crippen LogP contribution in [-0.4, -0.2) is 0 Å². The van der Waals surface area contributed by atoms with E-state index in [1.807, 2.05) is 18.2 Å². The van der Waals surface area contributed by atoms with Crippen molar-refractivity contribution in [3.05, 3.63) is 39.9 Å². The largest absolute Gasteiger partial charge is 0.0834 e. The Balaban J connectivity index is 2.69. The average molecular weight is 243 g/mol. The fourth-order valence-electron chi connectivity index (χ4n) is 1.16. The fourth-order valence-corrected chi connectivity index (χ4v) is 1.47. The molecule has 0 atom stereocenters. The van der Waals surface area contributed by atoms with Crippen molar-refractivity contribution >= 4 is 29.3 Å². The van der Waals surface area contributed by atoms with Gasteiger partial charge in [-0.05, 0) is 29.5 Å². The van der Waals surface area contributed by atoms with Gasteiger partial charge in [-0.3, -0.25) is 0 Å². The summed E-state index contributed by atoms with van der Waals surface area (Å²) >= 11 is 11.7. The summed E-state index contributed by atoms with van der Waals surface area (Å²) in [7, 11) is 0. The van der Waals surface area contributed by atoms with Gasteiger partial charge in [0.15, 0.2) is 0 Å². The van der Waals surface area contributed by atoms with E-state index in [0.29, 0.717) is 15.5 Å². The van der Waals surface area contributed by atoms with Crippen molar-refractivity contribution in [1.82, 2.24) is 0 Å². The molecule has 0 aliphatic carbocycles. The summed E-state index contributed by atoms with van der Waals surface area (Å²) in [6, 6.07) is 5.66. The SMILES string of the molecule is CC(C)(C)CC=Cc1ccc(Cl)c(Cl)c1. The van der Waals surface area contributed by atoms with Crippen molar-refractivity contribution in [3.8, 4) is 0 Å². The minimum atomic E-state index is 0.326. The Labute approximate surface area is 102 Å². The van der Waals surface area contributed by atoms with Gasteiger partial charge in [0.05, 0.1) is 10.0 Å². The number of rotatable bonds is 2. The van der Waals surface area contributed by atoms with Gasteiger partial charge >= 0.3 is 0 Å². The zero-order valence-corrected chi connectivity index (χ0v) is 10.9. The Hall–Kier alpha value is -0.460. The average Bonchev–Trinajstić information content (AvgIpc) is 2.09. The number of halogens is 2. The summed E-state index contributed by atoms with van der Waals surface area (Å²) in [6.45, 7) is 6.64. The van der Waals surface area contributed by atoms with E-state index in [0.717, 1.165) is 12.0 Å². The first-order chi connectivity index (χ1) is 6.88. The zero-order chi connectivity index (χ0) is 11.5. The number of allylic oxidation sites excluding steroid dienone is 1. The molecule has 0 saturated heterocycles. The van der Waals surface area contributed by atoms with E-state index < -0.39 is 0 Å². The highest BCUT2D eigenvalue weighted by Gasteiger charge is 2.06. The van der Waals surface area contributed by atoms with E-state index in [1.54, 1.807) is 0 Å². The van der Waals surface area contributed by atoms with Crippen molar-refractivity contribution in [1.29, 1.82) is 0 Å². The maximum Gasteiger partial charge on any atom is 0.0598 e. The summed E-state index contributed by atoms with van der Waals surface area (Å²) < 4.78 is 0. The van der Waals surface area contributed by atoms with Gasteiger partial charge in [-0.2, -0.15) is 0 Å². The van der Waals surface area contributed by atoms with E-state index in [4.69, 9.17) is 23.2 Å². The lowest BCUT2D eigenvalue weighted by atomic mass is 9.92. The Bertz CT molecular complexity index is 359. The molecule has 1 aromatic rings. The molecule has 0 aliphatic rings. The molecule has 0 fully saturated rings. The fraction of sp³-hybridized carbons (Fsp3) is 0.385. The van der Waals surface area contributed by atoms with Crippen molar-refractivity contribution in [3.63, 3.8) is 0 Å². The van der Waals surface area contributed by atoms with Crippen LogP contribution in [-0.2, 0) is 0 Å². The molecule has 15 heavy (non-hydrogen) atoms. The Kier molecular flexibility index (Phi) is 4.24. The van der Waals surface area contributed by atoms with Crippen molar-refractivity contribution in [2.45, 2.75) is 27.2 Å². The van der Waals surface area contributed by atoms with Crippen LogP contribution in [0.3, 0.4) is 0 Å². The second-order valence-electron chi connectivity index (χ2n) is 4.84. The number of benzene rings is 1. The molecule has 2 heteroatoms. The van der Waals surface area contributed by atoms with Crippen LogP contribution in [0.1, 0.15) is 32.8 Å². The van der Waals surface area contributed by atoms with Crippen LogP contribution in [0.4, 0.5) is 0 Å². The smallest absolute Gasteiger partial charge is 0.0598 e. The Morgan fingerprint density at radius 2 is 1.80 bits per heavy atom. The third kappa shape index (κ3) is 4.72. The molecule has 0 spiro atoms. The predicted molar refractivity (Wildman–Crippen MR) is 69.6 cm³/mol. The minimum absolute atomic E-state index is 0.326. The zero-order valence-electron chi connectivity index (χ0n) is 9.35. The molecule has 1 rings (SSSR count). The Morgan fingerprint density at radius 1 is 1.13 bits per heavy atom. The normalized spacial score (nSPS) is 12.3. The quantitative estimate of drug-likeness (QED) is 0.648. The molecule has 1 aromatic carbocycles. The first kappa shape index (κ1) is 12.6. The van der Waals surface area contributed by atoms with Gasteiger partial charge in [0.1, 0.15) is 0 Å². The second-order valence-corrected chi connectivity index (χ2v) is 5.66. The third-order valence-corrected chi connectivity index (χ3v) is 2.72. The van der Waals surface area contributed by atoms with Crippen LogP contribution in [0.2, 0.25) is 10.0 Å². The minimum Gasteiger partial charge on any atom is -0.0834 e. The first-order valence-electron chi connectivity index (χ1n) is 5.00. The number of hydrogen-bond donors (Lipinski definition) is 0. The molecular weight excluding hydrogens is 227 g/mol. The summed E-state index contributed by atoms with van der Waals surface area (Å²) in [5.74, 6) is 0. The molecule has 0 unspecified atom stereocenters. The van der Waals surface area contributed by atoms with Crippen LogP contribution in [0.25, 0.3) is 6.08 Å². The molecule has 0 amide bonds. The summed E-state index contributed by atoms with van der Waals surface area (Å²) in [5.41, 5.74) is 1.42. The summed E-state index contributed by atoms with van der Waals surface area (Å²) in [4.78, 5) is 0. The predicted octanol–water partition coefficient (Wildman–Crippen LogP) is 5.44. The lowest BCUT2D eigenvalue weighted by molar-refractivity contribution is 0.421. The molecule has 0 heterocycles. The van der Waals surface area contributed by atoms with E-state index >= 15 is 0 Å². The van der Waals surface area contributed by atoms with Crippen LogP contribution in [0, 0.1) is 5.41 Å². The van der Waals surface area contributed by atoms with Crippen LogP contribution in [0.5, 0.6) is 0 Å². The molecule has 0 N–H and O–H groups in total. The topological polar surface area (TPSA) is 0 Å². The standard InChI is InChI=1S/C13H16Cl2/c1-13(2,3)8-4-5-10-6-7-11(14)12(15)9-10/h4-7,9H,8H2,1-3H3. The van der Waals surface area contributed by atoms with E-state index in [2.05, 4.69) is 32.9 Å². The van der Waals surface area contributed by atoms with Crippen molar-refractivity contribution in [2.75, 3.05) is 0 Å². The first-order valence-corrected chi connectivity index (χ1v) is 5.76. The highest BCUT2D eigenvalue weighted by molar-refractivity contribution is 6.42. The second kappa shape index (κ2) is 5.05. The van der Waals surface area contributed by atoms with Gasteiger partial charge in [-0.1, -0.05) is 62.2 Å². The van der Waals surface area contributed by atoms with E-state index in [-0.39, 0.29) is 0 Å². The third-order valence-electron chi connectivity index (χ3n) is 1.98. The molecule has 0 aromatic heterocycles. The molecule has 82 valence electrons. The van der Waals surface area contributed by atoms with Gasteiger partial charge in [0.25, 0.3) is 0 Å². The molecule has 0 aliphatic heterocycles. The maximum atomic E-state index is 5.92. The Morgan fingerprint density at radius 3 is 2.33 bits per heavy atom. The van der Waals surface area contributed by atoms with Crippen molar-refractivity contribution < 1.29 is 0 Å². The van der Waals surface area contributed by atoms with Crippen molar-refractivity contribution in [2.24, 2.45) is 5.41 Å². The van der Waals surface area contributed by atoms with Gasteiger partial charge in [-0.25, -0.2) is 0 Å².